The molecule has 1 heterocycles. The van der Waals surface area contributed by atoms with E-state index < -0.39 is 29.8 Å². The molecule has 0 spiro atoms. The number of rotatable bonds is 5. The van der Waals surface area contributed by atoms with E-state index in [0.717, 1.165) is 6.42 Å². The molecule has 0 aliphatic carbocycles. The summed E-state index contributed by atoms with van der Waals surface area (Å²) in [4.78, 5) is 28.0. The molecule has 0 saturated carbocycles. The van der Waals surface area contributed by atoms with Crippen LogP contribution in [0.15, 0.2) is 29.3 Å². The molecule has 0 aromatic heterocycles. The highest BCUT2D eigenvalue weighted by molar-refractivity contribution is 6.09. The van der Waals surface area contributed by atoms with Crippen molar-refractivity contribution in [3.63, 3.8) is 0 Å². The summed E-state index contributed by atoms with van der Waals surface area (Å²) < 4.78 is 19.2. The maximum Gasteiger partial charge on any atom is 0.341 e. The van der Waals surface area contributed by atoms with Gasteiger partial charge in [0.25, 0.3) is 0 Å². The molecule has 1 N–H and O–H groups in total. The van der Waals surface area contributed by atoms with Crippen molar-refractivity contribution in [1.29, 1.82) is 0 Å². The van der Waals surface area contributed by atoms with Crippen molar-refractivity contribution in [3.8, 4) is 0 Å². The monoisotopic (exact) mass is 306 g/mol. The molecule has 6 heteroatoms. The molecule has 2 atom stereocenters. The molecule has 0 radical (unpaired) electrons. The molecule has 22 heavy (non-hydrogen) atoms. The highest BCUT2D eigenvalue weighted by Crippen LogP contribution is 2.31. The number of benzene rings is 1. The number of hydrogen-bond acceptors (Lipinski definition) is 3. The van der Waals surface area contributed by atoms with Crippen molar-refractivity contribution in [2.24, 2.45) is 10.9 Å². The van der Waals surface area contributed by atoms with Crippen molar-refractivity contribution < 1.29 is 18.7 Å². The number of hydrogen-bond donors (Lipinski definition) is 1. The van der Waals surface area contributed by atoms with E-state index in [1.807, 2.05) is 6.92 Å². The molecule has 2 unspecified atom stereocenters. The molecule has 1 aliphatic rings. The van der Waals surface area contributed by atoms with Crippen molar-refractivity contribution >= 4 is 17.7 Å². The van der Waals surface area contributed by atoms with Gasteiger partial charge < -0.3 is 10.1 Å². The maximum absolute atomic E-state index is 14.1. The number of halogens is 1. The molecule has 118 valence electrons. The Kier molecular flexibility index (Phi) is 5.25. The van der Waals surface area contributed by atoms with Gasteiger partial charge in [-0.15, -0.1) is 0 Å². The lowest BCUT2D eigenvalue weighted by molar-refractivity contribution is -0.146. The minimum absolute atomic E-state index is 0.215. The van der Waals surface area contributed by atoms with Crippen LogP contribution in [0, 0.1) is 11.7 Å². The molecule has 5 nitrogen and oxygen atoms in total. The average Bonchev–Trinajstić information content (AvgIpc) is 2.47. The van der Waals surface area contributed by atoms with E-state index in [1.165, 1.54) is 6.07 Å². The Bertz CT molecular complexity index is 601. The highest BCUT2D eigenvalue weighted by atomic mass is 19.1. The lowest BCUT2D eigenvalue weighted by Gasteiger charge is -2.31. The van der Waals surface area contributed by atoms with Gasteiger partial charge in [0.15, 0.2) is 0 Å². The molecule has 1 aromatic carbocycles. The number of urea groups is 1. The van der Waals surface area contributed by atoms with Gasteiger partial charge in [0.05, 0.1) is 12.6 Å². The van der Waals surface area contributed by atoms with Gasteiger partial charge in [0.2, 0.25) is 0 Å². The van der Waals surface area contributed by atoms with Gasteiger partial charge >= 0.3 is 12.0 Å². The molecule has 0 saturated heterocycles. The number of aliphatic imine (C=N–C) groups is 1. The van der Waals surface area contributed by atoms with Gasteiger partial charge in [-0.25, -0.2) is 14.2 Å². The summed E-state index contributed by atoms with van der Waals surface area (Å²) in [5.41, 5.74) is 0.704. The number of ether oxygens (including phenoxy) is 1. The Morgan fingerprint density at radius 3 is 2.73 bits per heavy atom. The van der Waals surface area contributed by atoms with Gasteiger partial charge in [-0.05, 0) is 19.4 Å². The van der Waals surface area contributed by atoms with Crippen LogP contribution < -0.4 is 5.32 Å². The molecule has 2 amide bonds. The van der Waals surface area contributed by atoms with Crippen LogP contribution in [-0.4, -0.2) is 24.3 Å². The second-order valence-electron chi connectivity index (χ2n) is 5.03. The Hall–Kier alpha value is -2.24. The predicted molar refractivity (Wildman–Crippen MR) is 80.1 cm³/mol. The SMILES string of the molecule is CCCC1=NC(=O)NC(c2ccccc2F)C1C(=O)OCC. The summed E-state index contributed by atoms with van der Waals surface area (Å²) in [6.07, 6.45) is 1.22. The van der Waals surface area contributed by atoms with Crippen molar-refractivity contribution in [2.75, 3.05) is 6.61 Å². The second kappa shape index (κ2) is 7.15. The molecule has 1 aliphatic heterocycles. The normalized spacial score (nSPS) is 21.0. The first-order chi connectivity index (χ1) is 10.6. The first kappa shape index (κ1) is 16.1. The molecule has 2 rings (SSSR count). The number of carbonyl (C=O) groups is 2. The molecule has 0 fully saturated rings. The van der Waals surface area contributed by atoms with Gasteiger partial charge in [0, 0.05) is 11.3 Å². The lowest BCUT2D eigenvalue weighted by atomic mass is 9.85. The molecular formula is C16H19FN2O3. The predicted octanol–water partition coefficient (Wildman–Crippen LogP) is 3.01. The van der Waals surface area contributed by atoms with Crippen LogP contribution in [0.1, 0.15) is 38.3 Å². The third-order valence-electron chi connectivity index (χ3n) is 3.50. The maximum atomic E-state index is 14.1. The fourth-order valence-corrected chi connectivity index (χ4v) is 2.60. The fourth-order valence-electron chi connectivity index (χ4n) is 2.60. The lowest BCUT2D eigenvalue weighted by Crippen LogP contribution is -2.45. The second-order valence-corrected chi connectivity index (χ2v) is 5.03. The zero-order valence-corrected chi connectivity index (χ0v) is 12.6. The van der Waals surface area contributed by atoms with Crippen molar-refractivity contribution in [3.05, 3.63) is 35.6 Å². The third-order valence-corrected chi connectivity index (χ3v) is 3.50. The highest BCUT2D eigenvalue weighted by Gasteiger charge is 2.40. The Morgan fingerprint density at radius 2 is 2.09 bits per heavy atom. The summed E-state index contributed by atoms with van der Waals surface area (Å²) in [7, 11) is 0. The Labute approximate surface area is 128 Å². The van der Waals surface area contributed by atoms with Crippen LogP contribution in [0.4, 0.5) is 9.18 Å². The van der Waals surface area contributed by atoms with E-state index in [-0.39, 0.29) is 12.2 Å². The summed E-state index contributed by atoms with van der Waals surface area (Å²) >= 11 is 0. The first-order valence-corrected chi connectivity index (χ1v) is 7.37. The van der Waals surface area contributed by atoms with Crippen molar-refractivity contribution in [1.82, 2.24) is 5.32 Å². The Morgan fingerprint density at radius 1 is 1.36 bits per heavy atom. The standard InChI is InChI=1S/C16H19FN2O3/c1-3-7-12-13(15(20)22-4-2)14(19-16(21)18-12)10-8-5-6-9-11(10)17/h5-6,8-9,13-14H,3-4,7H2,1-2H3,(H,19,21). The average molecular weight is 306 g/mol. The molecular weight excluding hydrogens is 287 g/mol. The van der Waals surface area contributed by atoms with Crippen LogP contribution in [0.3, 0.4) is 0 Å². The minimum atomic E-state index is -0.799. The van der Waals surface area contributed by atoms with E-state index in [9.17, 15) is 14.0 Å². The largest absolute Gasteiger partial charge is 0.465 e. The zero-order valence-electron chi connectivity index (χ0n) is 12.6. The first-order valence-electron chi connectivity index (χ1n) is 7.37. The van der Waals surface area contributed by atoms with Crippen LogP contribution in [0.5, 0.6) is 0 Å². The number of amides is 2. The quantitative estimate of drug-likeness (QED) is 0.850. The van der Waals surface area contributed by atoms with E-state index in [4.69, 9.17) is 4.74 Å². The van der Waals surface area contributed by atoms with Crippen LogP contribution >= 0.6 is 0 Å². The van der Waals surface area contributed by atoms with Gasteiger partial charge in [-0.3, -0.25) is 4.79 Å². The van der Waals surface area contributed by atoms with Crippen molar-refractivity contribution in [2.45, 2.75) is 32.7 Å². The van der Waals surface area contributed by atoms with Crippen LogP contribution in [-0.2, 0) is 9.53 Å². The number of nitrogens with zero attached hydrogens (tertiary/aromatic N) is 1. The van der Waals surface area contributed by atoms with E-state index in [2.05, 4.69) is 10.3 Å². The third kappa shape index (κ3) is 3.32. The summed E-state index contributed by atoms with van der Waals surface area (Å²) in [6, 6.07) is 4.72. The summed E-state index contributed by atoms with van der Waals surface area (Å²) in [5.74, 6) is -1.77. The van der Waals surface area contributed by atoms with Gasteiger partial charge in [0.1, 0.15) is 11.7 Å². The smallest absolute Gasteiger partial charge is 0.341 e. The minimum Gasteiger partial charge on any atom is -0.465 e. The Balaban J connectivity index is 2.45. The topological polar surface area (TPSA) is 67.8 Å². The van der Waals surface area contributed by atoms with E-state index in [0.29, 0.717) is 12.1 Å². The number of esters is 1. The van der Waals surface area contributed by atoms with Gasteiger partial charge in [-0.1, -0.05) is 31.5 Å². The fraction of sp³-hybridized carbons (Fsp3) is 0.438. The van der Waals surface area contributed by atoms with E-state index in [1.54, 1.807) is 25.1 Å². The molecule has 1 aromatic rings. The van der Waals surface area contributed by atoms with Crippen LogP contribution in [0.2, 0.25) is 0 Å². The zero-order chi connectivity index (χ0) is 16.1. The molecule has 0 bridgehead atoms. The van der Waals surface area contributed by atoms with Crippen LogP contribution in [0.25, 0.3) is 0 Å². The number of carbonyl (C=O) groups excluding carboxylic acids is 2. The number of nitrogens with one attached hydrogen (secondary N) is 1. The summed E-state index contributed by atoms with van der Waals surface area (Å²) in [6.45, 7) is 3.84. The van der Waals surface area contributed by atoms with E-state index >= 15 is 0 Å². The van der Waals surface area contributed by atoms with Gasteiger partial charge in [-0.2, -0.15) is 0 Å². The summed E-state index contributed by atoms with van der Waals surface area (Å²) in [5, 5.41) is 2.58.